The van der Waals surface area contributed by atoms with Crippen LogP contribution in [0.5, 0.6) is 23.0 Å². The van der Waals surface area contributed by atoms with Gasteiger partial charge in [0.25, 0.3) is 0 Å². The van der Waals surface area contributed by atoms with Crippen LogP contribution >= 0.6 is 0 Å². The second kappa shape index (κ2) is 18.0. The van der Waals surface area contributed by atoms with Gasteiger partial charge in [-0.15, -0.1) is 0 Å². The SMILES string of the molecule is Nc1cc(Oc2ccc(C(c3ccc(Oc4cc(N)cc(C(F)(F)C(F)(F)C(F)(F)C(F)(F)C(F)(F)C(F)(F)F)c4)cc3)(C(F)(F)F)C(F)(F)F)cc2)cc(C(F)(F)C(F)(F)C(F)(F)C(F)(F)C(F)(F)C(F)(F)F)c1. The molecule has 4 aromatic rings. The van der Waals surface area contributed by atoms with E-state index in [4.69, 9.17) is 20.9 Å². The fourth-order valence-electron chi connectivity index (χ4n) is 6.43. The number of alkyl halides is 32. The zero-order chi connectivity index (χ0) is 58.6. The molecule has 0 atom stereocenters. The molecule has 420 valence electrons. The summed E-state index contributed by atoms with van der Waals surface area (Å²) in [6.07, 6.45) is -28.7. The molecule has 0 saturated heterocycles. The topological polar surface area (TPSA) is 70.5 Å². The van der Waals surface area contributed by atoms with E-state index in [9.17, 15) is 140 Å². The highest BCUT2D eigenvalue weighted by molar-refractivity contribution is 5.53. The van der Waals surface area contributed by atoms with Crippen molar-refractivity contribution in [3.63, 3.8) is 0 Å². The number of ether oxygens (including phenoxy) is 2. The predicted octanol–water partition coefficient (Wildman–Crippen LogP) is 16.2. The minimum Gasteiger partial charge on any atom is -0.457 e. The van der Waals surface area contributed by atoms with Gasteiger partial charge in [-0.1, -0.05) is 24.3 Å². The Morgan fingerprint density at radius 1 is 0.240 bits per heavy atom. The van der Waals surface area contributed by atoms with Gasteiger partial charge >= 0.3 is 83.9 Å². The Morgan fingerprint density at radius 3 is 0.707 bits per heavy atom. The first-order valence-electron chi connectivity index (χ1n) is 18.5. The maximum Gasteiger partial charge on any atom is 0.460 e. The maximum atomic E-state index is 14.9. The van der Waals surface area contributed by atoms with E-state index in [1.54, 1.807) is 0 Å². The van der Waals surface area contributed by atoms with Crippen molar-refractivity contribution >= 4 is 11.4 Å². The quantitative estimate of drug-likeness (QED) is 0.0866. The van der Waals surface area contributed by atoms with Gasteiger partial charge in [0.1, 0.15) is 23.0 Å². The molecular weight excluding hydrogens is 1140 g/mol. The summed E-state index contributed by atoms with van der Waals surface area (Å²) in [5.41, 5.74) is -6.86. The lowest BCUT2D eigenvalue weighted by molar-refractivity contribution is -0.441. The molecule has 0 fully saturated rings. The molecule has 75 heavy (non-hydrogen) atoms. The molecule has 0 saturated carbocycles. The van der Waals surface area contributed by atoms with Crippen LogP contribution in [0, 0.1) is 0 Å². The number of hydrogen-bond acceptors (Lipinski definition) is 4. The lowest BCUT2D eigenvalue weighted by Crippen LogP contribution is -2.69. The predicted molar refractivity (Wildman–Crippen MR) is 187 cm³/mol. The molecule has 0 aliphatic carbocycles. The van der Waals surface area contributed by atoms with E-state index in [0.717, 1.165) is 0 Å². The largest absolute Gasteiger partial charge is 0.460 e. The number of nitrogen functional groups attached to an aromatic ring is 2. The molecule has 4 aromatic carbocycles. The summed E-state index contributed by atoms with van der Waals surface area (Å²) in [5, 5.41) is 0. The molecule has 0 radical (unpaired) electrons. The fraction of sp³-hybridized carbons (Fsp3) is 0.385. The Morgan fingerprint density at radius 2 is 0.480 bits per heavy atom. The summed E-state index contributed by atoms with van der Waals surface area (Å²) in [6, 6.07) is -1.67. The van der Waals surface area contributed by atoms with Crippen molar-refractivity contribution in [2.45, 2.75) is 89.3 Å². The van der Waals surface area contributed by atoms with Gasteiger partial charge in [0.15, 0.2) is 0 Å². The molecule has 0 heterocycles. The molecule has 0 spiro atoms. The molecule has 0 amide bonds. The molecule has 4 nitrogen and oxygen atoms in total. The Hall–Kier alpha value is -6.16. The van der Waals surface area contributed by atoms with Crippen molar-refractivity contribution in [3.05, 3.63) is 107 Å². The van der Waals surface area contributed by atoms with E-state index in [1.807, 2.05) is 0 Å². The van der Waals surface area contributed by atoms with Crippen LogP contribution in [0.15, 0.2) is 84.9 Å². The van der Waals surface area contributed by atoms with Gasteiger partial charge < -0.3 is 20.9 Å². The van der Waals surface area contributed by atoms with Gasteiger partial charge in [0, 0.05) is 34.6 Å². The fourth-order valence-corrected chi connectivity index (χ4v) is 6.43. The number of nitrogens with two attached hydrogens (primary N) is 2. The second-order valence-corrected chi connectivity index (χ2v) is 15.3. The van der Waals surface area contributed by atoms with Crippen molar-refractivity contribution in [3.8, 4) is 23.0 Å². The van der Waals surface area contributed by atoms with E-state index in [2.05, 4.69) is 0 Å². The smallest absolute Gasteiger partial charge is 0.457 e. The highest BCUT2D eigenvalue weighted by Crippen LogP contribution is 2.65. The number of hydrogen-bond donors (Lipinski definition) is 2. The van der Waals surface area contributed by atoms with Crippen LogP contribution in [0.25, 0.3) is 0 Å². The second-order valence-electron chi connectivity index (χ2n) is 15.3. The Labute approximate surface area is 392 Å². The lowest BCUT2D eigenvalue weighted by atomic mass is 9.73. The third-order valence-electron chi connectivity index (χ3n) is 10.3. The molecule has 0 unspecified atom stereocenters. The number of halogens is 32. The Kier molecular flexibility index (Phi) is 14.7. The minimum atomic E-state index is -8.33. The molecule has 0 aliphatic heterocycles. The summed E-state index contributed by atoms with van der Waals surface area (Å²) in [5.74, 6) is -84.4. The van der Waals surface area contributed by atoms with Crippen LogP contribution in [0.4, 0.5) is 152 Å². The standard InChI is InChI=1S/C39H18F32N2O2/c40-26(41,28(44,45)30(48,49)32(52,53)34(56,57)38(66,67)68)17-9-19(72)13-23(11-17)74-21-5-1-15(2-6-21)25(36(60,61)62,37(63,64)65)16-3-7-22(8-4-16)75-24-12-18(10-20(73)14-24)27(42,43)29(46,47)31(50,51)33(54,55)35(58,59)39(69,70)71/h1-14H,72-73H2. The molecule has 0 aliphatic rings. The van der Waals surface area contributed by atoms with E-state index in [1.165, 1.54) is 0 Å². The number of anilines is 2. The van der Waals surface area contributed by atoms with E-state index >= 15 is 0 Å². The van der Waals surface area contributed by atoms with Crippen molar-refractivity contribution in [1.82, 2.24) is 0 Å². The first kappa shape index (κ1) is 61.4. The average molecular weight is 1150 g/mol. The zero-order valence-corrected chi connectivity index (χ0v) is 34.6. The van der Waals surface area contributed by atoms with Crippen LogP contribution < -0.4 is 20.9 Å². The van der Waals surface area contributed by atoms with Crippen LogP contribution in [0.1, 0.15) is 22.3 Å². The van der Waals surface area contributed by atoms with Crippen LogP contribution in [0.2, 0.25) is 0 Å². The first-order valence-corrected chi connectivity index (χ1v) is 18.5. The first-order chi connectivity index (χ1) is 33.1. The number of rotatable bonds is 16. The highest BCUT2D eigenvalue weighted by atomic mass is 19.5. The van der Waals surface area contributed by atoms with E-state index in [-0.39, 0.29) is 60.7 Å². The van der Waals surface area contributed by atoms with Crippen LogP contribution in [-0.4, -0.2) is 72.1 Å². The summed E-state index contributed by atoms with van der Waals surface area (Å²) in [7, 11) is 0. The highest BCUT2D eigenvalue weighted by Gasteiger charge is 2.92. The minimum absolute atomic E-state index is 0.0954. The van der Waals surface area contributed by atoms with Crippen molar-refractivity contribution < 1.29 is 150 Å². The van der Waals surface area contributed by atoms with Crippen molar-refractivity contribution in [1.29, 1.82) is 0 Å². The van der Waals surface area contributed by atoms with Crippen LogP contribution in [0.3, 0.4) is 0 Å². The third-order valence-corrected chi connectivity index (χ3v) is 10.3. The van der Waals surface area contributed by atoms with E-state index < -0.39 is 170 Å². The summed E-state index contributed by atoms with van der Waals surface area (Å²) >= 11 is 0. The van der Waals surface area contributed by atoms with Gasteiger partial charge in [-0.2, -0.15) is 140 Å². The third kappa shape index (κ3) is 9.30. The Bertz CT molecular complexity index is 2520. The molecule has 0 bridgehead atoms. The summed E-state index contributed by atoms with van der Waals surface area (Å²) in [4.78, 5) is 0. The molecule has 4 N–H and O–H groups in total. The number of benzene rings is 4. The monoisotopic (exact) mass is 1150 g/mol. The van der Waals surface area contributed by atoms with Crippen molar-refractivity contribution in [2.24, 2.45) is 0 Å². The molecule has 0 aromatic heterocycles. The van der Waals surface area contributed by atoms with E-state index in [0.29, 0.717) is 0 Å². The van der Waals surface area contributed by atoms with Crippen molar-refractivity contribution in [2.75, 3.05) is 11.5 Å². The van der Waals surface area contributed by atoms with Gasteiger partial charge in [-0.05, 0) is 59.7 Å². The lowest BCUT2D eigenvalue weighted by Gasteiger charge is -2.39. The van der Waals surface area contributed by atoms with Crippen LogP contribution in [-0.2, 0) is 17.3 Å². The molecular formula is C39H18F32N2O2. The normalized spacial score (nSPS) is 15.0. The summed E-state index contributed by atoms with van der Waals surface area (Å²) < 4.78 is 456. The van der Waals surface area contributed by atoms with Gasteiger partial charge in [0.05, 0.1) is 0 Å². The van der Waals surface area contributed by atoms with Gasteiger partial charge in [-0.3, -0.25) is 0 Å². The maximum absolute atomic E-state index is 14.9. The molecule has 36 heteroatoms. The van der Waals surface area contributed by atoms with Gasteiger partial charge in [0.2, 0.25) is 5.41 Å². The van der Waals surface area contributed by atoms with Gasteiger partial charge in [-0.25, -0.2) is 0 Å². The zero-order valence-electron chi connectivity index (χ0n) is 34.6. The molecule has 4 rings (SSSR count). The Balaban J connectivity index is 1.73. The average Bonchev–Trinajstić information content (AvgIpc) is 3.22. The summed E-state index contributed by atoms with van der Waals surface area (Å²) in [6.45, 7) is 0.